The van der Waals surface area contributed by atoms with Crippen molar-refractivity contribution in [3.05, 3.63) is 29.8 Å². The molecular weight excluding hydrogens is 212 g/mol. The van der Waals surface area contributed by atoms with Crippen molar-refractivity contribution in [3.63, 3.8) is 0 Å². The van der Waals surface area contributed by atoms with Gasteiger partial charge in [-0.3, -0.25) is 4.79 Å². The van der Waals surface area contributed by atoms with Gasteiger partial charge < -0.3 is 10.2 Å². The normalized spacial score (nSPS) is 14.2. The first-order chi connectivity index (χ1) is 8.18. The zero-order valence-corrected chi connectivity index (χ0v) is 10.6. The summed E-state index contributed by atoms with van der Waals surface area (Å²) in [5, 5.41) is 3.28. The fourth-order valence-electron chi connectivity index (χ4n) is 2.20. The minimum atomic E-state index is 0.225. The second-order valence-electron chi connectivity index (χ2n) is 4.78. The molecule has 1 N–H and O–H groups in total. The highest BCUT2D eigenvalue weighted by Gasteiger charge is 2.23. The molecule has 0 fully saturated rings. The number of nitrogens with zero attached hydrogens (tertiary/aromatic N) is 1. The molecule has 17 heavy (non-hydrogen) atoms. The molecule has 2 rings (SSSR count). The molecule has 1 aromatic carbocycles. The Morgan fingerprint density at radius 1 is 1.41 bits per heavy atom. The van der Waals surface area contributed by atoms with Gasteiger partial charge in [0.1, 0.15) is 0 Å². The maximum Gasteiger partial charge on any atom is 0.228 e. The van der Waals surface area contributed by atoms with Crippen molar-refractivity contribution in [3.8, 4) is 0 Å². The molecule has 3 nitrogen and oxygen atoms in total. The van der Waals surface area contributed by atoms with Crippen molar-refractivity contribution in [2.24, 2.45) is 0 Å². The molecule has 1 aliphatic rings. The van der Waals surface area contributed by atoms with Gasteiger partial charge in [-0.15, -0.1) is 0 Å². The number of para-hydroxylation sites is 1. The Hall–Kier alpha value is -1.35. The molecule has 0 radical (unpaired) electrons. The lowest BCUT2D eigenvalue weighted by atomic mass is 10.2. The molecule has 3 heteroatoms. The van der Waals surface area contributed by atoms with Gasteiger partial charge in [0, 0.05) is 31.2 Å². The molecule has 0 unspecified atom stereocenters. The molecule has 0 saturated carbocycles. The highest BCUT2D eigenvalue weighted by atomic mass is 16.2. The van der Waals surface area contributed by atoms with E-state index < -0.39 is 0 Å². The molecule has 0 atom stereocenters. The largest absolute Gasteiger partial charge is 0.314 e. The maximum absolute atomic E-state index is 12.1. The number of nitrogens with one attached hydrogen (secondary N) is 1. The monoisotopic (exact) mass is 232 g/mol. The minimum Gasteiger partial charge on any atom is -0.314 e. The van der Waals surface area contributed by atoms with E-state index in [9.17, 15) is 4.79 Å². The van der Waals surface area contributed by atoms with Crippen molar-refractivity contribution >= 4 is 11.6 Å². The standard InChI is InChI=1S/C14H20N2O/c1-11(2)15-9-7-14(17)16-10-8-12-5-3-4-6-13(12)16/h3-6,11,15H,7-10H2,1-2H3. The Morgan fingerprint density at radius 3 is 2.94 bits per heavy atom. The van der Waals surface area contributed by atoms with Crippen molar-refractivity contribution in [1.29, 1.82) is 0 Å². The van der Waals surface area contributed by atoms with Crippen LogP contribution in [0.5, 0.6) is 0 Å². The first-order valence-corrected chi connectivity index (χ1v) is 6.30. The molecule has 0 aromatic heterocycles. The van der Waals surface area contributed by atoms with E-state index in [4.69, 9.17) is 0 Å². The molecular formula is C14H20N2O. The summed E-state index contributed by atoms with van der Waals surface area (Å²) in [6.07, 6.45) is 1.56. The van der Waals surface area contributed by atoms with Crippen molar-refractivity contribution in [1.82, 2.24) is 5.32 Å². The van der Waals surface area contributed by atoms with Gasteiger partial charge in [0.05, 0.1) is 0 Å². The first kappa shape index (κ1) is 12.1. The van der Waals surface area contributed by atoms with Crippen LogP contribution in [0.25, 0.3) is 0 Å². The predicted molar refractivity (Wildman–Crippen MR) is 70.3 cm³/mol. The summed E-state index contributed by atoms with van der Waals surface area (Å²) in [6.45, 7) is 5.78. The summed E-state index contributed by atoms with van der Waals surface area (Å²) < 4.78 is 0. The molecule has 1 heterocycles. The predicted octanol–water partition coefficient (Wildman–Crippen LogP) is 1.96. The Morgan fingerprint density at radius 2 is 2.18 bits per heavy atom. The van der Waals surface area contributed by atoms with Crippen LogP contribution in [0, 0.1) is 0 Å². The fraction of sp³-hybridized carbons (Fsp3) is 0.500. The number of anilines is 1. The second kappa shape index (κ2) is 5.32. The number of hydrogen-bond acceptors (Lipinski definition) is 2. The van der Waals surface area contributed by atoms with Crippen LogP contribution >= 0.6 is 0 Å². The number of carbonyl (C=O) groups is 1. The minimum absolute atomic E-state index is 0.225. The average molecular weight is 232 g/mol. The summed E-state index contributed by atoms with van der Waals surface area (Å²) >= 11 is 0. The number of benzene rings is 1. The lowest BCUT2D eigenvalue weighted by Crippen LogP contribution is -2.33. The van der Waals surface area contributed by atoms with Crippen molar-refractivity contribution < 1.29 is 4.79 Å². The summed E-state index contributed by atoms with van der Waals surface area (Å²) in [5.41, 5.74) is 2.39. The number of rotatable bonds is 4. The van der Waals surface area contributed by atoms with Crippen LogP contribution < -0.4 is 10.2 Å². The van der Waals surface area contributed by atoms with E-state index in [0.717, 1.165) is 25.2 Å². The smallest absolute Gasteiger partial charge is 0.228 e. The number of hydrogen-bond donors (Lipinski definition) is 1. The third-order valence-corrected chi connectivity index (χ3v) is 3.08. The molecule has 0 spiro atoms. The van der Waals surface area contributed by atoms with Crippen LogP contribution in [0.3, 0.4) is 0 Å². The van der Waals surface area contributed by atoms with E-state index in [-0.39, 0.29) is 5.91 Å². The Labute approximate surface area is 103 Å². The fourth-order valence-corrected chi connectivity index (χ4v) is 2.20. The van der Waals surface area contributed by atoms with Gasteiger partial charge in [0.2, 0.25) is 5.91 Å². The van der Waals surface area contributed by atoms with Crippen LogP contribution in [0.15, 0.2) is 24.3 Å². The van der Waals surface area contributed by atoms with Gasteiger partial charge in [-0.25, -0.2) is 0 Å². The number of carbonyl (C=O) groups excluding carboxylic acids is 1. The lowest BCUT2D eigenvalue weighted by molar-refractivity contribution is -0.118. The maximum atomic E-state index is 12.1. The molecule has 0 saturated heterocycles. The van der Waals surface area contributed by atoms with Crippen LogP contribution in [0.1, 0.15) is 25.8 Å². The SMILES string of the molecule is CC(C)NCCC(=O)N1CCc2ccccc21. The summed E-state index contributed by atoms with van der Waals surface area (Å²) in [6, 6.07) is 8.61. The van der Waals surface area contributed by atoms with Crippen molar-refractivity contribution in [2.75, 3.05) is 18.0 Å². The number of amides is 1. The quantitative estimate of drug-likeness (QED) is 0.860. The first-order valence-electron chi connectivity index (χ1n) is 6.30. The lowest BCUT2D eigenvalue weighted by Gasteiger charge is -2.17. The van der Waals surface area contributed by atoms with Crippen LogP contribution in [0.4, 0.5) is 5.69 Å². The van der Waals surface area contributed by atoms with E-state index in [1.54, 1.807) is 0 Å². The Bertz CT molecular complexity index is 401. The Balaban J connectivity index is 1.93. The van der Waals surface area contributed by atoms with E-state index in [2.05, 4.69) is 25.2 Å². The average Bonchev–Trinajstić information content (AvgIpc) is 2.72. The van der Waals surface area contributed by atoms with Gasteiger partial charge >= 0.3 is 0 Å². The van der Waals surface area contributed by atoms with E-state index >= 15 is 0 Å². The molecule has 0 bridgehead atoms. The van der Waals surface area contributed by atoms with Crippen LogP contribution in [0.2, 0.25) is 0 Å². The van der Waals surface area contributed by atoms with Gasteiger partial charge in [0.25, 0.3) is 0 Å². The van der Waals surface area contributed by atoms with Gasteiger partial charge in [-0.2, -0.15) is 0 Å². The second-order valence-corrected chi connectivity index (χ2v) is 4.78. The van der Waals surface area contributed by atoms with Gasteiger partial charge in [-0.05, 0) is 18.1 Å². The van der Waals surface area contributed by atoms with Gasteiger partial charge in [-0.1, -0.05) is 32.0 Å². The molecule has 1 amide bonds. The number of fused-ring (bicyclic) bond motifs is 1. The zero-order chi connectivity index (χ0) is 12.3. The Kier molecular flexibility index (Phi) is 3.79. The highest BCUT2D eigenvalue weighted by Crippen LogP contribution is 2.27. The summed E-state index contributed by atoms with van der Waals surface area (Å²) in [5.74, 6) is 0.225. The zero-order valence-electron chi connectivity index (χ0n) is 10.6. The van der Waals surface area contributed by atoms with Gasteiger partial charge in [0.15, 0.2) is 0 Å². The third-order valence-electron chi connectivity index (χ3n) is 3.08. The van der Waals surface area contributed by atoms with Crippen LogP contribution in [-0.2, 0) is 11.2 Å². The molecule has 0 aliphatic carbocycles. The van der Waals surface area contributed by atoms with E-state index in [0.29, 0.717) is 12.5 Å². The highest BCUT2D eigenvalue weighted by molar-refractivity contribution is 5.95. The van der Waals surface area contributed by atoms with E-state index in [1.165, 1.54) is 5.56 Å². The van der Waals surface area contributed by atoms with Crippen LogP contribution in [-0.4, -0.2) is 25.0 Å². The molecule has 92 valence electrons. The molecule has 1 aliphatic heterocycles. The molecule has 1 aromatic rings. The summed E-state index contributed by atoms with van der Waals surface area (Å²) in [4.78, 5) is 14.0. The van der Waals surface area contributed by atoms with E-state index in [1.807, 2.05) is 23.1 Å². The van der Waals surface area contributed by atoms with Crippen molar-refractivity contribution in [2.45, 2.75) is 32.7 Å². The summed E-state index contributed by atoms with van der Waals surface area (Å²) in [7, 11) is 0. The topological polar surface area (TPSA) is 32.3 Å². The third kappa shape index (κ3) is 2.86.